The summed E-state index contributed by atoms with van der Waals surface area (Å²) in [5.41, 5.74) is 0. The Labute approximate surface area is 72.0 Å². The van der Waals surface area contributed by atoms with Crippen LogP contribution in [0.4, 0.5) is 10.2 Å². The van der Waals surface area contributed by atoms with E-state index in [1.165, 1.54) is 12.3 Å². The molecule has 0 N–H and O–H groups in total. The topological polar surface area (TPSA) is 16.1 Å². The maximum Gasteiger partial charge on any atom is 0.141 e. The monoisotopic (exact) mass is 168 g/mol. The van der Waals surface area contributed by atoms with Crippen molar-refractivity contribution < 1.29 is 4.39 Å². The molecule has 1 rings (SSSR count). The minimum absolute atomic E-state index is 0.286. The van der Waals surface area contributed by atoms with Crippen LogP contribution in [0.15, 0.2) is 18.3 Å². The van der Waals surface area contributed by atoms with Gasteiger partial charge in [0, 0.05) is 13.1 Å². The van der Waals surface area contributed by atoms with Crippen molar-refractivity contribution in [2.24, 2.45) is 0 Å². The average molecular weight is 168 g/mol. The van der Waals surface area contributed by atoms with E-state index < -0.39 is 0 Å². The van der Waals surface area contributed by atoms with Gasteiger partial charge in [-0.25, -0.2) is 9.37 Å². The predicted octanol–water partition coefficient (Wildman–Crippen LogP) is 2.07. The van der Waals surface area contributed by atoms with Gasteiger partial charge in [0.05, 0.1) is 6.20 Å². The fourth-order valence-corrected chi connectivity index (χ4v) is 1.10. The van der Waals surface area contributed by atoms with Gasteiger partial charge in [-0.05, 0) is 26.0 Å². The van der Waals surface area contributed by atoms with Crippen LogP contribution < -0.4 is 4.90 Å². The van der Waals surface area contributed by atoms with Crippen molar-refractivity contribution >= 4 is 5.82 Å². The van der Waals surface area contributed by atoms with E-state index in [9.17, 15) is 4.39 Å². The molecule has 1 heterocycles. The fourth-order valence-electron chi connectivity index (χ4n) is 1.10. The van der Waals surface area contributed by atoms with Crippen LogP contribution in [0.3, 0.4) is 0 Å². The van der Waals surface area contributed by atoms with Crippen molar-refractivity contribution in [3.05, 3.63) is 24.1 Å². The summed E-state index contributed by atoms with van der Waals surface area (Å²) < 4.78 is 12.5. The number of nitrogens with zero attached hydrogens (tertiary/aromatic N) is 2. The van der Waals surface area contributed by atoms with Crippen molar-refractivity contribution in [3.63, 3.8) is 0 Å². The lowest BCUT2D eigenvalue weighted by Gasteiger charge is -2.18. The molecule has 0 aliphatic carbocycles. The van der Waals surface area contributed by atoms with Gasteiger partial charge in [0.2, 0.25) is 0 Å². The largest absolute Gasteiger partial charge is 0.357 e. The smallest absolute Gasteiger partial charge is 0.141 e. The predicted molar refractivity (Wildman–Crippen MR) is 47.8 cm³/mol. The summed E-state index contributed by atoms with van der Waals surface area (Å²) in [6.07, 6.45) is 1.24. The molecule has 2 nitrogen and oxygen atoms in total. The average Bonchev–Trinajstić information content (AvgIpc) is 2.10. The van der Waals surface area contributed by atoms with Gasteiger partial charge in [-0.15, -0.1) is 0 Å². The first-order valence-corrected chi connectivity index (χ1v) is 4.14. The van der Waals surface area contributed by atoms with Gasteiger partial charge >= 0.3 is 0 Å². The maximum atomic E-state index is 12.5. The van der Waals surface area contributed by atoms with E-state index in [1.807, 2.05) is 0 Å². The molecule has 0 spiro atoms. The number of pyridine rings is 1. The summed E-state index contributed by atoms with van der Waals surface area (Å²) in [6, 6.07) is 3.13. The lowest BCUT2D eigenvalue weighted by molar-refractivity contribution is 0.620. The molecular formula is C9H13FN2. The SMILES string of the molecule is CCN(CC)c1ccc(F)cn1. The van der Waals surface area contributed by atoms with Crippen LogP contribution in [0.5, 0.6) is 0 Å². The number of anilines is 1. The first-order valence-electron chi connectivity index (χ1n) is 4.14. The number of rotatable bonds is 3. The quantitative estimate of drug-likeness (QED) is 0.686. The minimum atomic E-state index is -0.286. The van der Waals surface area contributed by atoms with Gasteiger partial charge < -0.3 is 4.90 Å². The Kier molecular flexibility index (Phi) is 3.02. The Morgan fingerprint density at radius 1 is 1.33 bits per heavy atom. The second-order valence-corrected chi connectivity index (χ2v) is 2.51. The summed E-state index contributed by atoms with van der Waals surface area (Å²) in [5.74, 6) is 0.548. The Bertz CT molecular complexity index is 229. The molecule has 12 heavy (non-hydrogen) atoms. The van der Waals surface area contributed by atoms with Crippen LogP contribution in [0.2, 0.25) is 0 Å². The Morgan fingerprint density at radius 2 is 2.00 bits per heavy atom. The zero-order chi connectivity index (χ0) is 8.97. The third-order valence-corrected chi connectivity index (χ3v) is 1.80. The van der Waals surface area contributed by atoms with Crippen molar-refractivity contribution in [3.8, 4) is 0 Å². The molecule has 3 heteroatoms. The molecule has 0 unspecified atom stereocenters. The molecule has 1 aromatic rings. The normalized spacial score (nSPS) is 9.92. The highest BCUT2D eigenvalue weighted by Crippen LogP contribution is 2.09. The Hall–Kier alpha value is -1.12. The van der Waals surface area contributed by atoms with E-state index in [-0.39, 0.29) is 5.82 Å². The molecule has 0 fully saturated rings. The van der Waals surface area contributed by atoms with Crippen LogP contribution in [0.1, 0.15) is 13.8 Å². The first kappa shape index (κ1) is 8.97. The van der Waals surface area contributed by atoms with E-state index in [1.54, 1.807) is 6.07 Å². The molecule has 0 saturated heterocycles. The minimum Gasteiger partial charge on any atom is -0.357 e. The van der Waals surface area contributed by atoms with Gasteiger partial charge in [0.15, 0.2) is 0 Å². The van der Waals surface area contributed by atoms with Crippen molar-refractivity contribution in [1.82, 2.24) is 4.98 Å². The maximum absolute atomic E-state index is 12.5. The standard InChI is InChI=1S/C9H13FN2/c1-3-12(4-2)9-6-5-8(10)7-11-9/h5-7H,3-4H2,1-2H3. The van der Waals surface area contributed by atoms with Gasteiger partial charge in [-0.3, -0.25) is 0 Å². The number of aromatic nitrogens is 1. The van der Waals surface area contributed by atoms with E-state index in [2.05, 4.69) is 23.7 Å². The number of hydrogen-bond donors (Lipinski definition) is 0. The molecule has 0 saturated carbocycles. The highest BCUT2D eigenvalue weighted by atomic mass is 19.1. The highest BCUT2D eigenvalue weighted by Gasteiger charge is 2.01. The van der Waals surface area contributed by atoms with E-state index in [4.69, 9.17) is 0 Å². The zero-order valence-corrected chi connectivity index (χ0v) is 7.42. The number of halogens is 1. The van der Waals surface area contributed by atoms with Crippen LogP contribution in [0.25, 0.3) is 0 Å². The lowest BCUT2D eigenvalue weighted by Crippen LogP contribution is -2.22. The molecule has 0 radical (unpaired) electrons. The van der Waals surface area contributed by atoms with E-state index in [0.29, 0.717) is 0 Å². The molecule has 66 valence electrons. The zero-order valence-electron chi connectivity index (χ0n) is 7.42. The van der Waals surface area contributed by atoms with Crippen LogP contribution >= 0.6 is 0 Å². The van der Waals surface area contributed by atoms with Gasteiger partial charge in [-0.2, -0.15) is 0 Å². The van der Waals surface area contributed by atoms with Crippen LogP contribution in [-0.4, -0.2) is 18.1 Å². The summed E-state index contributed by atoms with van der Waals surface area (Å²) >= 11 is 0. The van der Waals surface area contributed by atoms with E-state index >= 15 is 0 Å². The highest BCUT2D eigenvalue weighted by molar-refractivity contribution is 5.37. The number of hydrogen-bond acceptors (Lipinski definition) is 2. The molecule has 0 aromatic carbocycles. The molecule has 0 aliphatic rings. The summed E-state index contributed by atoms with van der Waals surface area (Å²) in [7, 11) is 0. The first-order chi connectivity index (χ1) is 5.77. The third kappa shape index (κ3) is 1.94. The second kappa shape index (κ2) is 4.04. The van der Waals surface area contributed by atoms with E-state index in [0.717, 1.165) is 18.9 Å². The lowest BCUT2D eigenvalue weighted by atomic mass is 10.4. The molecule has 0 bridgehead atoms. The summed E-state index contributed by atoms with van der Waals surface area (Å²) in [6.45, 7) is 5.90. The summed E-state index contributed by atoms with van der Waals surface area (Å²) in [4.78, 5) is 6.04. The molecular weight excluding hydrogens is 155 g/mol. The van der Waals surface area contributed by atoms with Crippen LogP contribution in [0, 0.1) is 5.82 Å². The van der Waals surface area contributed by atoms with Crippen molar-refractivity contribution in [2.45, 2.75) is 13.8 Å². The summed E-state index contributed by atoms with van der Waals surface area (Å²) in [5, 5.41) is 0. The van der Waals surface area contributed by atoms with Crippen molar-refractivity contribution in [2.75, 3.05) is 18.0 Å². The molecule has 0 atom stereocenters. The Balaban J connectivity index is 2.80. The molecule has 0 amide bonds. The second-order valence-electron chi connectivity index (χ2n) is 2.51. The molecule has 0 aliphatic heterocycles. The van der Waals surface area contributed by atoms with Gasteiger partial charge in [0.25, 0.3) is 0 Å². The Morgan fingerprint density at radius 3 is 2.42 bits per heavy atom. The van der Waals surface area contributed by atoms with Gasteiger partial charge in [0.1, 0.15) is 11.6 Å². The third-order valence-electron chi connectivity index (χ3n) is 1.80. The molecule has 1 aromatic heterocycles. The van der Waals surface area contributed by atoms with Crippen LogP contribution in [-0.2, 0) is 0 Å². The fraction of sp³-hybridized carbons (Fsp3) is 0.444. The van der Waals surface area contributed by atoms with Crippen molar-refractivity contribution in [1.29, 1.82) is 0 Å². The van der Waals surface area contributed by atoms with Gasteiger partial charge in [-0.1, -0.05) is 0 Å².